The van der Waals surface area contributed by atoms with Gasteiger partial charge in [-0.15, -0.1) is 0 Å². The van der Waals surface area contributed by atoms with Crippen LogP contribution in [0.25, 0.3) is 0 Å². The van der Waals surface area contributed by atoms with E-state index in [1.54, 1.807) is 17.0 Å². The van der Waals surface area contributed by atoms with E-state index in [0.717, 1.165) is 36.3 Å². The molecule has 1 aromatic carbocycles. The van der Waals surface area contributed by atoms with Crippen molar-refractivity contribution in [2.45, 2.75) is 20.3 Å². The van der Waals surface area contributed by atoms with Crippen LogP contribution in [0.15, 0.2) is 36.5 Å². The molecule has 1 fully saturated rings. The quantitative estimate of drug-likeness (QED) is 0.903. The summed E-state index contributed by atoms with van der Waals surface area (Å²) < 4.78 is 0. The summed E-state index contributed by atoms with van der Waals surface area (Å²) in [5.74, 6) is -0.350. The monoisotopic (exact) mass is 366 g/mol. The lowest BCUT2D eigenvalue weighted by molar-refractivity contribution is 0.0658. The maximum atomic E-state index is 12.8. The molecule has 2 amide bonds. The molecule has 0 radical (unpaired) electrons. The summed E-state index contributed by atoms with van der Waals surface area (Å²) in [6.45, 7) is 7.08. The molecule has 1 aromatic heterocycles. The molecular formula is C21H26N4O2. The minimum Gasteiger partial charge on any atom is -0.335 e. The molecule has 1 aliphatic rings. The predicted molar refractivity (Wildman–Crippen MR) is 106 cm³/mol. The Labute approximate surface area is 160 Å². The summed E-state index contributed by atoms with van der Waals surface area (Å²) in [4.78, 5) is 33.6. The minimum atomic E-state index is -0.228. The molecule has 6 heteroatoms. The van der Waals surface area contributed by atoms with Crippen LogP contribution in [0.3, 0.4) is 0 Å². The Morgan fingerprint density at radius 3 is 2.59 bits per heavy atom. The highest BCUT2D eigenvalue weighted by atomic mass is 16.2. The van der Waals surface area contributed by atoms with Crippen molar-refractivity contribution in [3.63, 3.8) is 0 Å². The molecule has 0 aliphatic carbocycles. The normalized spacial score (nSPS) is 14.9. The van der Waals surface area contributed by atoms with Crippen LogP contribution in [0.4, 0.5) is 5.69 Å². The maximum absolute atomic E-state index is 12.8. The van der Waals surface area contributed by atoms with Crippen LogP contribution < -0.4 is 5.32 Å². The maximum Gasteiger partial charge on any atom is 0.272 e. The summed E-state index contributed by atoms with van der Waals surface area (Å²) in [5, 5.41) is 3.00. The highest BCUT2D eigenvalue weighted by Gasteiger charge is 2.22. The molecule has 1 N–H and O–H groups in total. The van der Waals surface area contributed by atoms with E-state index < -0.39 is 0 Å². The van der Waals surface area contributed by atoms with E-state index in [4.69, 9.17) is 0 Å². The van der Waals surface area contributed by atoms with Crippen LogP contribution in [0.1, 0.15) is 38.9 Å². The molecule has 0 atom stereocenters. The Bertz CT molecular complexity index is 842. The second-order valence-electron chi connectivity index (χ2n) is 6.94. The predicted octanol–water partition coefficient (Wildman–Crippen LogP) is 2.59. The average Bonchev–Trinajstić information content (AvgIpc) is 2.69. The third-order valence-corrected chi connectivity index (χ3v) is 5.01. The van der Waals surface area contributed by atoms with E-state index in [1.807, 2.05) is 32.2 Å². The van der Waals surface area contributed by atoms with Gasteiger partial charge in [-0.25, -0.2) is 0 Å². The van der Waals surface area contributed by atoms with Crippen molar-refractivity contribution in [3.8, 4) is 0 Å². The number of para-hydroxylation sites is 1. The number of benzene rings is 1. The number of aryl methyl sites for hydroxylation is 2. The molecule has 1 saturated heterocycles. The third kappa shape index (κ3) is 4.34. The van der Waals surface area contributed by atoms with Crippen molar-refractivity contribution >= 4 is 17.5 Å². The number of pyridine rings is 1. The zero-order valence-electron chi connectivity index (χ0n) is 16.2. The molecule has 142 valence electrons. The average molecular weight is 366 g/mol. The molecule has 3 rings (SSSR count). The van der Waals surface area contributed by atoms with Crippen LogP contribution in [0.2, 0.25) is 0 Å². The number of rotatable bonds is 4. The van der Waals surface area contributed by atoms with Crippen LogP contribution >= 0.6 is 0 Å². The zero-order chi connectivity index (χ0) is 19.4. The number of likely N-dealkylation sites (N-methyl/N-ethyl adjacent to an activating group) is 1. The fraction of sp³-hybridized carbons (Fsp3) is 0.381. The van der Waals surface area contributed by atoms with Gasteiger partial charge in [-0.05, 0) is 43.7 Å². The number of aromatic nitrogens is 1. The summed E-state index contributed by atoms with van der Waals surface area (Å²) in [7, 11) is 2.04. The first kappa shape index (κ1) is 19.0. The van der Waals surface area contributed by atoms with Gasteiger partial charge in [0, 0.05) is 43.6 Å². The first-order valence-corrected chi connectivity index (χ1v) is 9.33. The van der Waals surface area contributed by atoms with Crippen molar-refractivity contribution in [2.75, 3.05) is 38.5 Å². The van der Waals surface area contributed by atoms with Gasteiger partial charge >= 0.3 is 0 Å². The van der Waals surface area contributed by atoms with E-state index in [2.05, 4.69) is 22.1 Å². The first-order valence-electron chi connectivity index (χ1n) is 9.33. The first-order chi connectivity index (χ1) is 13.0. The standard InChI is InChI=1S/C21H26N4O2/c1-4-16-7-5-6-15(2)19(16)23-20(26)17-8-9-22-18(14-17)21(27)25-12-10-24(3)11-13-25/h5-9,14H,4,10-13H2,1-3H3,(H,23,26). The van der Waals surface area contributed by atoms with Crippen LogP contribution in [0, 0.1) is 6.92 Å². The number of carbonyl (C=O) groups is 2. The third-order valence-electron chi connectivity index (χ3n) is 5.01. The van der Waals surface area contributed by atoms with Gasteiger partial charge in [0.25, 0.3) is 11.8 Å². The van der Waals surface area contributed by atoms with Gasteiger partial charge in [0.1, 0.15) is 5.69 Å². The van der Waals surface area contributed by atoms with E-state index in [0.29, 0.717) is 24.3 Å². The lowest BCUT2D eigenvalue weighted by Gasteiger charge is -2.32. The van der Waals surface area contributed by atoms with E-state index >= 15 is 0 Å². The topological polar surface area (TPSA) is 65.5 Å². The number of amides is 2. The lowest BCUT2D eigenvalue weighted by atomic mass is 10.1. The molecule has 27 heavy (non-hydrogen) atoms. The minimum absolute atomic E-state index is 0.122. The van der Waals surface area contributed by atoms with Gasteiger partial charge < -0.3 is 15.1 Å². The highest BCUT2D eigenvalue weighted by molar-refractivity contribution is 6.06. The fourth-order valence-electron chi connectivity index (χ4n) is 3.25. The van der Waals surface area contributed by atoms with Crippen LogP contribution in [-0.2, 0) is 6.42 Å². The van der Waals surface area contributed by atoms with E-state index in [9.17, 15) is 9.59 Å². The molecule has 2 heterocycles. The van der Waals surface area contributed by atoms with Gasteiger partial charge in [0.15, 0.2) is 0 Å². The molecule has 2 aromatic rings. The molecular weight excluding hydrogens is 340 g/mol. The SMILES string of the molecule is CCc1cccc(C)c1NC(=O)c1ccnc(C(=O)N2CCN(C)CC2)c1. The van der Waals surface area contributed by atoms with Crippen molar-refractivity contribution in [1.29, 1.82) is 0 Å². The van der Waals surface area contributed by atoms with Crippen molar-refractivity contribution in [2.24, 2.45) is 0 Å². The van der Waals surface area contributed by atoms with E-state index in [1.165, 1.54) is 6.20 Å². The Morgan fingerprint density at radius 2 is 1.89 bits per heavy atom. The Kier molecular flexibility index (Phi) is 5.86. The van der Waals surface area contributed by atoms with Crippen molar-refractivity contribution < 1.29 is 9.59 Å². The largest absolute Gasteiger partial charge is 0.335 e. The second-order valence-corrected chi connectivity index (χ2v) is 6.94. The number of hydrogen-bond acceptors (Lipinski definition) is 4. The van der Waals surface area contributed by atoms with Gasteiger partial charge in [0.2, 0.25) is 0 Å². The van der Waals surface area contributed by atoms with Gasteiger partial charge in [-0.2, -0.15) is 0 Å². The van der Waals surface area contributed by atoms with E-state index in [-0.39, 0.29) is 11.8 Å². The summed E-state index contributed by atoms with van der Waals surface area (Å²) in [6, 6.07) is 9.20. The molecule has 0 bridgehead atoms. The molecule has 0 saturated carbocycles. The number of carbonyl (C=O) groups excluding carboxylic acids is 2. The highest BCUT2D eigenvalue weighted by Crippen LogP contribution is 2.22. The molecule has 1 aliphatic heterocycles. The fourth-order valence-corrected chi connectivity index (χ4v) is 3.25. The van der Waals surface area contributed by atoms with Crippen molar-refractivity contribution in [1.82, 2.24) is 14.8 Å². The summed E-state index contributed by atoms with van der Waals surface area (Å²) in [5.41, 5.74) is 3.70. The summed E-state index contributed by atoms with van der Waals surface area (Å²) in [6.07, 6.45) is 2.36. The molecule has 0 spiro atoms. The number of hydrogen-bond donors (Lipinski definition) is 1. The zero-order valence-corrected chi connectivity index (χ0v) is 16.2. The van der Waals surface area contributed by atoms with Crippen LogP contribution in [-0.4, -0.2) is 59.8 Å². The second kappa shape index (κ2) is 8.31. The Hall–Kier alpha value is -2.73. The van der Waals surface area contributed by atoms with Gasteiger partial charge in [-0.1, -0.05) is 25.1 Å². The molecule has 6 nitrogen and oxygen atoms in total. The number of piperazine rings is 1. The lowest BCUT2D eigenvalue weighted by Crippen LogP contribution is -2.47. The Balaban J connectivity index is 1.77. The van der Waals surface area contributed by atoms with Gasteiger partial charge in [-0.3, -0.25) is 14.6 Å². The number of nitrogens with one attached hydrogen (secondary N) is 1. The summed E-state index contributed by atoms with van der Waals surface area (Å²) >= 11 is 0. The van der Waals surface area contributed by atoms with Crippen LogP contribution in [0.5, 0.6) is 0 Å². The molecule has 0 unspecified atom stereocenters. The smallest absolute Gasteiger partial charge is 0.272 e. The van der Waals surface area contributed by atoms with Gasteiger partial charge in [0.05, 0.1) is 0 Å². The Morgan fingerprint density at radius 1 is 1.15 bits per heavy atom. The number of anilines is 1. The number of nitrogens with zero attached hydrogens (tertiary/aromatic N) is 3. The van der Waals surface area contributed by atoms with Crippen molar-refractivity contribution in [3.05, 3.63) is 58.9 Å².